The van der Waals surface area contributed by atoms with Crippen molar-refractivity contribution in [2.24, 2.45) is 5.92 Å². The molecule has 1 spiro atoms. The van der Waals surface area contributed by atoms with Crippen LogP contribution in [0.4, 0.5) is 0 Å². The smallest absolute Gasteiger partial charge is 0.303 e. The van der Waals surface area contributed by atoms with Gasteiger partial charge in [0, 0.05) is 12.2 Å². The van der Waals surface area contributed by atoms with E-state index in [9.17, 15) is 4.79 Å². The standard InChI is InChI=1S/C10H16O4S/c11-5-8-6-15-10(14-8)2-1-7(4-10)3-9(12)13/h7-8,11H,1-6H2,(H,12,13). The lowest BCUT2D eigenvalue weighted by Gasteiger charge is -2.22. The van der Waals surface area contributed by atoms with Crippen molar-refractivity contribution < 1.29 is 19.7 Å². The topological polar surface area (TPSA) is 66.8 Å². The molecule has 0 aromatic heterocycles. The third-order valence-corrected chi connectivity index (χ3v) is 4.65. The molecule has 15 heavy (non-hydrogen) atoms. The van der Waals surface area contributed by atoms with Crippen molar-refractivity contribution in [3.63, 3.8) is 0 Å². The number of rotatable bonds is 3. The van der Waals surface area contributed by atoms with Crippen LogP contribution < -0.4 is 0 Å². The van der Waals surface area contributed by atoms with E-state index in [2.05, 4.69) is 0 Å². The quantitative estimate of drug-likeness (QED) is 0.762. The van der Waals surface area contributed by atoms with E-state index in [1.54, 1.807) is 11.8 Å². The zero-order chi connectivity index (χ0) is 10.9. The summed E-state index contributed by atoms with van der Waals surface area (Å²) >= 11 is 1.74. The molecule has 1 aliphatic heterocycles. The first-order valence-corrected chi connectivity index (χ1v) is 6.26. The maximum atomic E-state index is 10.6. The van der Waals surface area contributed by atoms with Crippen molar-refractivity contribution >= 4 is 17.7 Å². The minimum Gasteiger partial charge on any atom is -0.481 e. The molecule has 3 atom stereocenters. The van der Waals surface area contributed by atoms with Gasteiger partial charge in [0.15, 0.2) is 0 Å². The van der Waals surface area contributed by atoms with E-state index < -0.39 is 5.97 Å². The van der Waals surface area contributed by atoms with Gasteiger partial charge in [-0.2, -0.15) is 0 Å². The second-order valence-electron chi connectivity index (χ2n) is 4.35. The molecule has 86 valence electrons. The molecule has 1 saturated carbocycles. The van der Waals surface area contributed by atoms with E-state index in [1.807, 2.05) is 0 Å². The lowest BCUT2D eigenvalue weighted by Crippen LogP contribution is -2.25. The Bertz CT molecular complexity index is 258. The summed E-state index contributed by atoms with van der Waals surface area (Å²) in [6.45, 7) is 0.0678. The maximum absolute atomic E-state index is 10.6. The van der Waals surface area contributed by atoms with Gasteiger partial charge in [-0.25, -0.2) is 0 Å². The number of thioether (sulfide) groups is 1. The molecule has 1 heterocycles. The summed E-state index contributed by atoms with van der Waals surface area (Å²) in [5.41, 5.74) is 0. The van der Waals surface area contributed by atoms with Crippen LogP contribution in [0.25, 0.3) is 0 Å². The lowest BCUT2D eigenvalue weighted by atomic mass is 10.0. The first kappa shape index (κ1) is 11.2. The molecule has 2 N–H and O–H groups in total. The van der Waals surface area contributed by atoms with Crippen LogP contribution in [0.15, 0.2) is 0 Å². The van der Waals surface area contributed by atoms with Crippen LogP contribution >= 0.6 is 11.8 Å². The van der Waals surface area contributed by atoms with Crippen molar-refractivity contribution in [3.8, 4) is 0 Å². The van der Waals surface area contributed by atoms with Gasteiger partial charge < -0.3 is 14.9 Å². The highest BCUT2D eigenvalue weighted by molar-refractivity contribution is 8.00. The Balaban J connectivity index is 1.89. The molecule has 4 nitrogen and oxygen atoms in total. The van der Waals surface area contributed by atoms with Gasteiger partial charge in [0.2, 0.25) is 0 Å². The summed E-state index contributed by atoms with van der Waals surface area (Å²) < 4.78 is 5.79. The Hall–Kier alpha value is -0.260. The van der Waals surface area contributed by atoms with E-state index in [0.717, 1.165) is 25.0 Å². The summed E-state index contributed by atoms with van der Waals surface area (Å²) in [6.07, 6.45) is 2.86. The fourth-order valence-corrected chi connectivity index (χ4v) is 3.92. The van der Waals surface area contributed by atoms with Gasteiger partial charge in [-0.15, -0.1) is 11.8 Å². The SMILES string of the molecule is O=C(O)CC1CCC2(C1)OC(CO)CS2. The number of hydrogen-bond donors (Lipinski definition) is 2. The first-order valence-electron chi connectivity index (χ1n) is 5.28. The molecule has 2 aliphatic rings. The molecular formula is C10H16O4S. The number of carboxylic acid groups (broad SMARTS) is 1. The van der Waals surface area contributed by atoms with Crippen LogP contribution in [0.1, 0.15) is 25.7 Å². The van der Waals surface area contributed by atoms with E-state index in [1.165, 1.54) is 0 Å². The van der Waals surface area contributed by atoms with Gasteiger partial charge in [0.1, 0.15) is 4.93 Å². The van der Waals surface area contributed by atoms with Gasteiger partial charge in [-0.1, -0.05) is 0 Å². The summed E-state index contributed by atoms with van der Waals surface area (Å²) in [6, 6.07) is 0. The van der Waals surface area contributed by atoms with Crippen molar-refractivity contribution in [2.45, 2.75) is 36.7 Å². The average Bonchev–Trinajstić information content (AvgIpc) is 2.74. The van der Waals surface area contributed by atoms with Crippen LogP contribution in [-0.2, 0) is 9.53 Å². The maximum Gasteiger partial charge on any atom is 0.303 e. The number of carboxylic acids is 1. The molecule has 0 amide bonds. The molecule has 1 aliphatic carbocycles. The Morgan fingerprint density at radius 3 is 3.00 bits per heavy atom. The predicted molar refractivity (Wildman–Crippen MR) is 56.7 cm³/mol. The Morgan fingerprint density at radius 1 is 1.60 bits per heavy atom. The van der Waals surface area contributed by atoms with Crippen molar-refractivity contribution in [1.29, 1.82) is 0 Å². The van der Waals surface area contributed by atoms with E-state index in [-0.39, 0.29) is 30.0 Å². The minimum absolute atomic E-state index is 0.0569. The highest BCUT2D eigenvalue weighted by atomic mass is 32.2. The van der Waals surface area contributed by atoms with Crippen molar-refractivity contribution in [2.75, 3.05) is 12.4 Å². The van der Waals surface area contributed by atoms with Crippen molar-refractivity contribution in [3.05, 3.63) is 0 Å². The summed E-state index contributed by atoms with van der Waals surface area (Å²) in [4.78, 5) is 10.4. The number of aliphatic carboxylic acids is 1. The molecule has 2 rings (SSSR count). The number of hydrogen-bond acceptors (Lipinski definition) is 4. The molecule has 0 radical (unpaired) electrons. The summed E-state index contributed by atoms with van der Waals surface area (Å²) in [7, 11) is 0. The van der Waals surface area contributed by atoms with E-state index in [4.69, 9.17) is 14.9 Å². The molecule has 5 heteroatoms. The first-order chi connectivity index (χ1) is 7.13. The molecule has 2 fully saturated rings. The van der Waals surface area contributed by atoms with Crippen LogP contribution in [0.3, 0.4) is 0 Å². The normalized spacial score (nSPS) is 40.1. The zero-order valence-corrected chi connectivity index (χ0v) is 9.33. The van der Waals surface area contributed by atoms with E-state index >= 15 is 0 Å². The highest BCUT2D eigenvalue weighted by Gasteiger charge is 2.46. The summed E-state index contributed by atoms with van der Waals surface area (Å²) in [5.74, 6) is 0.349. The Labute approximate surface area is 93.0 Å². The summed E-state index contributed by atoms with van der Waals surface area (Å²) in [5, 5.41) is 17.7. The van der Waals surface area contributed by atoms with Gasteiger partial charge in [-0.3, -0.25) is 4.79 Å². The Kier molecular flexibility index (Phi) is 3.23. The van der Waals surface area contributed by atoms with Gasteiger partial charge >= 0.3 is 5.97 Å². The van der Waals surface area contributed by atoms with Crippen LogP contribution in [0.2, 0.25) is 0 Å². The second-order valence-corrected chi connectivity index (χ2v) is 5.72. The molecule has 1 saturated heterocycles. The van der Waals surface area contributed by atoms with Gasteiger partial charge in [-0.05, 0) is 25.2 Å². The lowest BCUT2D eigenvalue weighted by molar-refractivity contribution is -0.138. The largest absolute Gasteiger partial charge is 0.481 e. The third kappa shape index (κ3) is 2.46. The van der Waals surface area contributed by atoms with Crippen molar-refractivity contribution in [1.82, 2.24) is 0 Å². The molecule has 0 aromatic carbocycles. The van der Waals surface area contributed by atoms with Crippen LogP contribution in [0, 0.1) is 5.92 Å². The Morgan fingerprint density at radius 2 is 2.40 bits per heavy atom. The molecular weight excluding hydrogens is 216 g/mol. The van der Waals surface area contributed by atoms with Crippen LogP contribution in [0.5, 0.6) is 0 Å². The number of ether oxygens (including phenoxy) is 1. The van der Waals surface area contributed by atoms with Gasteiger partial charge in [0.05, 0.1) is 12.7 Å². The molecule has 0 bridgehead atoms. The van der Waals surface area contributed by atoms with Gasteiger partial charge in [0.25, 0.3) is 0 Å². The van der Waals surface area contributed by atoms with Crippen LogP contribution in [-0.4, -0.2) is 39.6 Å². The monoisotopic (exact) mass is 232 g/mol. The zero-order valence-electron chi connectivity index (χ0n) is 8.52. The number of carbonyl (C=O) groups is 1. The minimum atomic E-state index is -0.723. The molecule has 0 aromatic rings. The van der Waals surface area contributed by atoms with E-state index in [0.29, 0.717) is 0 Å². The number of aliphatic hydroxyl groups is 1. The predicted octanol–water partition coefficient (Wildman–Crippen LogP) is 1.08. The third-order valence-electron chi connectivity index (χ3n) is 3.11. The average molecular weight is 232 g/mol. The fraction of sp³-hybridized carbons (Fsp3) is 0.900. The number of aliphatic hydroxyl groups excluding tert-OH is 1. The highest BCUT2D eigenvalue weighted by Crippen LogP contribution is 2.50. The second kappa shape index (κ2) is 4.31. The molecule has 3 unspecified atom stereocenters. The fourth-order valence-electron chi connectivity index (χ4n) is 2.43.